The van der Waals surface area contributed by atoms with E-state index in [2.05, 4.69) is 13.8 Å². The first kappa shape index (κ1) is 14.3. The van der Waals surface area contributed by atoms with Crippen LogP contribution in [0.4, 0.5) is 0 Å². The van der Waals surface area contributed by atoms with Crippen molar-refractivity contribution in [2.45, 2.75) is 77.1 Å². The van der Waals surface area contributed by atoms with Gasteiger partial charge >= 0.3 is 5.97 Å². The van der Waals surface area contributed by atoms with E-state index in [0.29, 0.717) is 6.42 Å². The van der Waals surface area contributed by atoms with Crippen molar-refractivity contribution < 1.29 is 19.7 Å². The highest BCUT2D eigenvalue weighted by molar-refractivity contribution is 5.75. The van der Waals surface area contributed by atoms with Crippen molar-refractivity contribution in [2.24, 2.45) is 16.7 Å². The zero-order valence-corrected chi connectivity index (χ0v) is 12.9. The Kier molecular flexibility index (Phi) is 2.70. The number of ether oxygens (including phenoxy) is 1. The number of hydrogen-bond acceptors (Lipinski definition) is 4. The summed E-state index contributed by atoms with van der Waals surface area (Å²) >= 11 is 0. The van der Waals surface area contributed by atoms with Gasteiger partial charge in [0.05, 0.1) is 12.5 Å². The molecule has 2 saturated carbocycles. The van der Waals surface area contributed by atoms with Gasteiger partial charge in [-0.1, -0.05) is 27.2 Å². The molecule has 0 spiro atoms. The topological polar surface area (TPSA) is 66.8 Å². The van der Waals surface area contributed by atoms with Gasteiger partial charge in [0.25, 0.3) is 0 Å². The van der Waals surface area contributed by atoms with Crippen LogP contribution in [0.25, 0.3) is 0 Å². The van der Waals surface area contributed by atoms with E-state index in [4.69, 9.17) is 4.74 Å². The minimum atomic E-state index is -1.17. The van der Waals surface area contributed by atoms with Crippen molar-refractivity contribution in [3.05, 3.63) is 0 Å². The lowest BCUT2D eigenvalue weighted by atomic mass is 9.43. The van der Waals surface area contributed by atoms with E-state index in [1.807, 2.05) is 6.92 Å². The third kappa shape index (κ3) is 1.47. The summed E-state index contributed by atoms with van der Waals surface area (Å²) < 4.78 is 5.46. The van der Waals surface area contributed by atoms with Crippen molar-refractivity contribution in [1.82, 2.24) is 0 Å². The summed E-state index contributed by atoms with van der Waals surface area (Å²) in [6.07, 6.45) is 2.75. The predicted octanol–water partition coefficient (Wildman–Crippen LogP) is 2.02. The van der Waals surface area contributed by atoms with Crippen molar-refractivity contribution in [3.63, 3.8) is 0 Å². The predicted molar refractivity (Wildman–Crippen MR) is 73.9 cm³/mol. The van der Waals surface area contributed by atoms with Crippen LogP contribution in [0, 0.1) is 16.7 Å². The highest BCUT2D eigenvalue weighted by Crippen LogP contribution is 2.66. The van der Waals surface area contributed by atoms with E-state index in [0.717, 1.165) is 19.3 Å². The van der Waals surface area contributed by atoms with Crippen LogP contribution < -0.4 is 0 Å². The zero-order chi connectivity index (χ0) is 15.0. The Labute approximate surface area is 120 Å². The molecule has 3 rings (SSSR count). The molecule has 4 heteroatoms. The number of carbonyl (C=O) groups is 1. The monoisotopic (exact) mass is 282 g/mol. The Morgan fingerprint density at radius 2 is 1.85 bits per heavy atom. The lowest BCUT2D eigenvalue weighted by Crippen LogP contribution is -2.71. The van der Waals surface area contributed by atoms with Crippen LogP contribution in [0.1, 0.15) is 59.8 Å². The van der Waals surface area contributed by atoms with E-state index in [1.54, 1.807) is 6.92 Å². The first-order valence-electron chi connectivity index (χ1n) is 7.68. The van der Waals surface area contributed by atoms with Crippen LogP contribution in [0.5, 0.6) is 0 Å². The summed E-state index contributed by atoms with van der Waals surface area (Å²) in [5, 5.41) is 22.1. The zero-order valence-electron chi connectivity index (χ0n) is 12.9. The third-order valence-electron chi connectivity index (χ3n) is 6.59. The number of fused-ring (bicyclic) bond motifs is 3. The molecule has 0 aromatic rings. The molecule has 3 fully saturated rings. The summed E-state index contributed by atoms with van der Waals surface area (Å²) in [5.41, 5.74) is -2.64. The van der Waals surface area contributed by atoms with Gasteiger partial charge in [-0.25, -0.2) is 0 Å². The molecule has 114 valence electrons. The van der Waals surface area contributed by atoms with Crippen molar-refractivity contribution >= 4 is 5.97 Å². The van der Waals surface area contributed by atoms with Gasteiger partial charge in [0.2, 0.25) is 0 Å². The van der Waals surface area contributed by atoms with Gasteiger partial charge in [-0.05, 0) is 31.1 Å². The maximum absolute atomic E-state index is 11.8. The van der Waals surface area contributed by atoms with Crippen molar-refractivity contribution in [1.29, 1.82) is 0 Å². The number of esters is 1. The highest BCUT2D eigenvalue weighted by Gasteiger charge is 2.73. The molecule has 20 heavy (non-hydrogen) atoms. The van der Waals surface area contributed by atoms with Gasteiger partial charge in [0, 0.05) is 11.8 Å². The standard InChI is InChI=1S/C16H26O4/c1-13(2)6-5-7-14(3)12(13)10(17)8-15(4)16(14,19)9-11(18)20-15/h10,12,17,19H,5-9H2,1-4H3/t10-,12-,14-,15+,16?/m0/s1. The summed E-state index contributed by atoms with van der Waals surface area (Å²) in [4.78, 5) is 11.8. The van der Waals surface area contributed by atoms with Crippen LogP contribution in [-0.4, -0.2) is 33.5 Å². The van der Waals surface area contributed by atoms with Crippen LogP contribution in [-0.2, 0) is 9.53 Å². The van der Waals surface area contributed by atoms with Gasteiger partial charge in [-0.3, -0.25) is 4.79 Å². The Hall–Kier alpha value is -0.610. The normalized spacial score (nSPS) is 54.0. The van der Waals surface area contributed by atoms with E-state index in [9.17, 15) is 15.0 Å². The molecule has 1 unspecified atom stereocenters. The molecule has 3 aliphatic rings. The maximum atomic E-state index is 11.8. The highest BCUT2D eigenvalue weighted by atomic mass is 16.6. The minimum Gasteiger partial charge on any atom is -0.456 e. The van der Waals surface area contributed by atoms with Crippen LogP contribution >= 0.6 is 0 Å². The van der Waals surface area contributed by atoms with Gasteiger partial charge in [-0.2, -0.15) is 0 Å². The lowest BCUT2D eigenvalue weighted by Gasteiger charge is -2.64. The largest absolute Gasteiger partial charge is 0.456 e. The van der Waals surface area contributed by atoms with Crippen LogP contribution in [0.2, 0.25) is 0 Å². The molecule has 1 heterocycles. The fourth-order valence-corrected chi connectivity index (χ4v) is 5.80. The Morgan fingerprint density at radius 3 is 2.50 bits per heavy atom. The SMILES string of the molecule is CC1(C)CCC[C@@]2(C)[C@H]1[C@@H](O)C[C@@]1(C)OC(=O)CC12O. The second-order valence-corrected chi connectivity index (χ2v) is 8.25. The molecule has 5 atom stereocenters. The van der Waals surface area contributed by atoms with E-state index < -0.39 is 22.7 Å². The smallest absolute Gasteiger partial charge is 0.309 e. The molecule has 0 bridgehead atoms. The number of aliphatic hydroxyl groups excluding tert-OH is 1. The van der Waals surface area contributed by atoms with Crippen LogP contribution in [0.15, 0.2) is 0 Å². The third-order valence-corrected chi connectivity index (χ3v) is 6.59. The van der Waals surface area contributed by atoms with Crippen molar-refractivity contribution in [3.8, 4) is 0 Å². The molecular formula is C16H26O4. The quantitative estimate of drug-likeness (QED) is 0.667. The second kappa shape index (κ2) is 3.77. The van der Waals surface area contributed by atoms with Gasteiger partial charge in [0.15, 0.2) is 0 Å². The first-order valence-corrected chi connectivity index (χ1v) is 7.68. The Balaban J connectivity index is 2.15. The maximum Gasteiger partial charge on any atom is 0.309 e. The molecule has 4 nitrogen and oxygen atoms in total. The summed E-state index contributed by atoms with van der Waals surface area (Å²) in [7, 11) is 0. The fourth-order valence-electron chi connectivity index (χ4n) is 5.80. The minimum absolute atomic E-state index is 0.00340. The van der Waals surface area contributed by atoms with E-state index in [1.165, 1.54) is 0 Å². The van der Waals surface area contributed by atoms with Crippen LogP contribution in [0.3, 0.4) is 0 Å². The molecular weight excluding hydrogens is 256 g/mol. The number of carbonyl (C=O) groups excluding carboxylic acids is 1. The Morgan fingerprint density at radius 1 is 1.20 bits per heavy atom. The Bertz CT molecular complexity index is 459. The molecule has 1 aliphatic heterocycles. The van der Waals surface area contributed by atoms with E-state index in [-0.39, 0.29) is 23.7 Å². The lowest BCUT2D eigenvalue weighted by molar-refractivity contribution is -0.274. The molecule has 0 amide bonds. The number of aliphatic hydroxyl groups is 2. The second-order valence-electron chi connectivity index (χ2n) is 8.25. The summed E-state index contributed by atoms with van der Waals surface area (Å²) in [5.74, 6) is -0.344. The molecule has 1 saturated heterocycles. The molecule has 0 aromatic carbocycles. The van der Waals surface area contributed by atoms with Gasteiger partial charge in [0.1, 0.15) is 11.2 Å². The summed E-state index contributed by atoms with van der Waals surface area (Å²) in [6.45, 7) is 8.16. The van der Waals surface area contributed by atoms with Gasteiger partial charge in [-0.15, -0.1) is 0 Å². The average molecular weight is 282 g/mol. The first-order chi connectivity index (χ1) is 9.06. The molecule has 2 N–H and O–H groups in total. The number of hydrogen-bond donors (Lipinski definition) is 2. The van der Waals surface area contributed by atoms with Gasteiger partial charge < -0.3 is 14.9 Å². The summed E-state index contributed by atoms with van der Waals surface area (Å²) in [6, 6.07) is 0. The van der Waals surface area contributed by atoms with Crippen molar-refractivity contribution in [2.75, 3.05) is 0 Å². The number of rotatable bonds is 0. The molecule has 0 aromatic heterocycles. The molecule has 0 radical (unpaired) electrons. The average Bonchev–Trinajstić information content (AvgIpc) is 2.47. The van der Waals surface area contributed by atoms with E-state index >= 15 is 0 Å². The fraction of sp³-hybridized carbons (Fsp3) is 0.938. The molecule has 2 aliphatic carbocycles.